The average Bonchev–Trinajstić information content (AvgIpc) is 3.04. The van der Waals surface area contributed by atoms with Crippen LogP contribution in [0.15, 0.2) is 24.3 Å². The van der Waals surface area contributed by atoms with Gasteiger partial charge in [0.05, 0.1) is 5.92 Å². The lowest BCUT2D eigenvalue weighted by Crippen LogP contribution is -2.48. The fourth-order valence-electron chi connectivity index (χ4n) is 3.88. The Labute approximate surface area is 171 Å². The van der Waals surface area contributed by atoms with Crippen LogP contribution in [0.5, 0.6) is 0 Å². The molecule has 1 atom stereocenters. The predicted molar refractivity (Wildman–Crippen MR) is 108 cm³/mol. The molecule has 3 rings (SSSR count). The Balaban J connectivity index is 1.50. The Morgan fingerprint density at radius 2 is 1.86 bits per heavy atom. The van der Waals surface area contributed by atoms with Gasteiger partial charge >= 0.3 is 0 Å². The predicted octanol–water partition coefficient (Wildman–Crippen LogP) is 2.71. The highest BCUT2D eigenvalue weighted by Gasteiger charge is 2.40. The molecular weight excluding hydrogens is 378 g/mol. The first-order valence-corrected chi connectivity index (χ1v) is 10.2. The number of carbonyl (C=O) groups excluding carboxylic acids is 3. The molecule has 3 amide bonds. The standard InChI is InChI=1S/C21H28ClN3O3/c1-21(2,3)25-13-15(12-18(25)26)19(27)23-17-7-9-24(10-8-17)20(28)14-5-4-6-16(22)11-14/h4-6,11,15,17H,7-10,12-13H2,1-3H3,(H,23,27). The molecule has 0 bridgehead atoms. The van der Waals surface area contributed by atoms with Crippen LogP contribution in [0.4, 0.5) is 0 Å². The van der Waals surface area contributed by atoms with Crippen LogP contribution in [-0.4, -0.2) is 58.7 Å². The van der Waals surface area contributed by atoms with Crippen LogP contribution in [-0.2, 0) is 9.59 Å². The van der Waals surface area contributed by atoms with E-state index >= 15 is 0 Å². The van der Waals surface area contributed by atoms with Crippen molar-refractivity contribution >= 4 is 29.3 Å². The van der Waals surface area contributed by atoms with Crippen molar-refractivity contribution in [2.24, 2.45) is 5.92 Å². The van der Waals surface area contributed by atoms with Gasteiger partial charge in [0, 0.05) is 48.2 Å². The van der Waals surface area contributed by atoms with Gasteiger partial charge in [-0.2, -0.15) is 0 Å². The number of benzene rings is 1. The highest BCUT2D eigenvalue weighted by molar-refractivity contribution is 6.30. The highest BCUT2D eigenvalue weighted by Crippen LogP contribution is 2.26. The molecule has 1 aromatic rings. The quantitative estimate of drug-likeness (QED) is 0.840. The number of hydrogen-bond acceptors (Lipinski definition) is 3. The van der Waals surface area contributed by atoms with Crippen LogP contribution in [0.1, 0.15) is 50.4 Å². The number of likely N-dealkylation sites (tertiary alicyclic amines) is 2. The molecule has 2 aliphatic heterocycles. The molecule has 0 aromatic heterocycles. The molecule has 2 heterocycles. The summed E-state index contributed by atoms with van der Waals surface area (Å²) in [6.45, 7) is 7.61. The van der Waals surface area contributed by atoms with Crippen molar-refractivity contribution in [1.82, 2.24) is 15.1 Å². The molecule has 2 aliphatic rings. The first-order chi connectivity index (χ1) is 13.1. The minimum Gasteiger partial charge on any atom is -0.353 e. The van der Waals surface area contributed by atoms with Crippen molar-refractivity contribution in [3.63, 3.8) is 0 Å². The molecule has 6 nitrogen and oxygen atoms in total. The van der Waals surface area contributed by atoms with E-state index in [4.69, 9.17) is 11.6 Å². The second-order valence-electron chi connectivity index (χ2n) is 8.66. The monoisotopic (exact) mass is 405 g/mol. The number of nitrogens with one attached hydrogen (secondary N) is 1. The zero-order chi connectivity index (χ0) is 20.5. The first-order valence-electron chi connectivity index (χ1n) is 9.81. The number of halogens is 1. The fourth-order valence-corrected chi connectivity index (χ4v) is 4.07. The molecule has 0 spiro atoms. The van der Waals surface area contributed by atoms with E-state index in [1.54, 1.807) is 34.1 Å². The van der Waals surface area contributed by atoms with E-state index in [0.29, 0.717) is 43.1 Å². The lowest BCUT2D eigenvalue weighted by atomic mass is 10.0. The first kappa shape index (κ1) is 20.6. The maximum absolute atomic E-state index is 12.6. The number of carbonyl (C=O) groups is 3. The second-order valence-corrected chi connectivity index (χ2v) is 9.10. The largest absolute Gasteiger partial charge is 0.353 e. The number of rotatable bonds is 3. The van der Waals surface area contributed by atoms with E-state index in [-0.39, 0.29) is 41.6 Å². The van der Waals surface area contributed by atoms with Crippen LogP contribution in [0, 0.1) is 5.92 Å². The summed E-state index contributed by atoms with van der Waals surface area (Å²) in [6, 6.07) is 6.99. The average molecular weight is 406 g/mol. The smallest absolute Gasteiger partial charge is 0.253 e. The Morgan fingerprint density at radius 1 is 1.18 bits per heavy atom. The summed E-state index contributed by atoms with van der Waals surface area (Å²) < 4.78 is 0. The van der Waals surface area contributed by atoms with E-state index in [9.17, 15) is 14.4 Å². The van der Waals surface area contributed by atoms with E-state index < -0.39 is 0 Å². The van der Waals surface area contributed by atoms with E-state index in [0.717, 1.165) is 0 Å². The number of amides is 3. The molecule has 1 N–H and O–H groups in total. The van der Waals surface area contributed by atoms with Crippen molar-refractivity contribution in [3.8, 4) is 0 Å². The molecule has 1 unspecified atom stereocenters. The van der Waals surface area contributed by atoms with E-state index in [1.807, 2.05) is 20.8 Å². The van der Waals surface area contributed by atoms with Gasteiger partial charge in [0.2, 0.25) is 11.8 Å². The summed E-state index contributed by atoms with van der Waals surface area (Å²) in [6.07, 6.45) is 1.69. The van der Waals surface area contributed by atoms with Gasteiger partial charge in [-0.3, -0.25) is 14.4 Å². The Bertz CT molecular complexity index is 766. The maximum Gasteiger partial charge on any atom is 0.253 e. The number of piperidine rings is 1. The Morgan fingerprint density at radius 3 is 2.43 bits per heavy atom. The highest BCUT2D eigenvalue weighted by atomic mass is 35.5. The van der Waals surface area contributed by atoms with Crippen molar-refractivity contribution in [2.45, 2.75) is 51.6 Å². The molecular formula is C21H28ClN3O3. The van der Waals surface area contributed by atoms with Gasteiger partial charge < -0.3 is 15.1 Å². The van der Waals surface area contributed by atoms with Crippen molar-refractivity contribution in [1.29, 1.82) is 0 Å². The minimum absolute atomic E-state index is 0.0329. The van der Waals surface area contributed by atoms with Crippen LogP contribution < -0.4 is 5.32 Å². The molecule has 7 heteroatoms. The second kappa shape index (κ2) is 8.11. The van der Waals surface area contributed by atoms with E-state index in [1.165, 1.54) is 0 Å². The van der Waals surface area contributed by atoms with Crippen LogP contribution in [0.3, 0.4) is 0 Å². The lowest BCUT2D eigenvalue weighted by molar-refractivity contribution is -0.132. The van der Waals surface area contributed by atoms with Gasteiger partial charge in [-0.1, -0.05) is 17.7 Å². The minimum atomic E-state index is -0.294. The van der Waals surface area contributed by atoms with Gasteiger partial charge in [0.25, 0.3) is 5.91 Å². The van der Waals surface area contributed by atoms with Gasteiger partial charge in [0.15, 0.2) is 0 Å². The third-order valence-electron chi connectivity index (χ3n) is 5.51. The molecule has 0 aliphatic carbocycles. The molecule has 1 aromatic carbocycles. The number of hydrogen-bond donors (Lipinski definition) is 1. The van der Waals surface area contributed by atoms with Gasteiger partial charge in [0.1, 0.15) is 0 Å². The zero-order valence-electron chi connectivity index (χ0n) is 16.7. The molecule has 0 radical (unpaired) electrons. The van der Waals surface area contributed by atoms with Gasteiger partial charge in [-0.05, 0) is 51.8 Å². The van der Waals surface area contributed by atoms with Crippen LogP contribution in [0.25, 0.3) is 0 Å². The van der Waals surface area contributed by atoms with Crippen LogP contribution in [0.2, 0.25) is 5.02 Å². The third-order valence-corrected chi connectivity index (χ3v) is 5.74. The summed E-state index contributed by atoms with van der Waals surface area (Å²) in [5.74, 6) is -0.346. The molecule has 152 valence electrons. The zero-order valence-corrected chi connectivity index (χ0v) is 17.5. The SMILES string of the molecule is CC(C)(C)N1CC(C(=O)NC2CCN(C(=O)c3cccc(Cl)c3)CC2)CC1=O. The third kappa shape index (κ3) is 4.66. The Hall–Kier alpha value is -2.08. The summed E-state index contributed by atoms with van der Waals surface area (Å²) in [7, 11) is 0. The van der Waals surface area contributed by atoms with Crippen LogP contribution >= 0.6 is 11.6 Å². The van der Waals surface area contributed by atoms with E-state index in [2.05, 4.69) is 5.32 Å². The normalized spacial score (nSPS) is 21.1. The molecule has 28 heavy (non-hydrogen) atoms. The summed E-state index contributed by atoms with van der Waals surface area (Å²) in [5, 5.41) is 3.63. The fraction of sp³-hybridized carbons (Fsp3) is 0.571. The topological polar surface area (TPSA) is 69.7 Å². The molecule has 0 saturated carbocycles. The van der Waals surface area contributed by atoms with Gasteiger partial charge in [-0.15, -0.1) is 0 Å². The summed E-state index contributed by atoms with van der Waals surface area (Å²) in [4.78, 5) is 41.0. The lowest BCUT2D eigenvalue weighted by Gasteiger charge is -2.33. The maximum atomic E-state index is 12.6. The molecule has 2 fully saturated rings. The summed E-state index contributed by atoms with van der Waals surface area (Å²) >= 11 is 5.97. The Kier molecular flexibility index (Phi) is 5.98. The van der Waals surface area contributed by atoms with Crippen molar-refractivity contribution in [3.05, 3.63) is 34.9 Å². The van der Waals surface area contributed by atoms with Crippen molar-refractivity contribution < 1.29 is 14.4 Å². The number of nitrogens with zero attached hydrogens (tertiary/aromatic N) is 2. The molecule has 2 saturated heterocycles. The summed E-state index contributed by atoms with van der Waals surface area (Å²) in [5.41, 5.74) is 0.319. The van der Waals surface area contributed by atoms with Gasteiger partial charge in [-0.25, -0.2) is 0 Å². The van der Waals surface area contributed by atoms with Crippen molar-refractivity contribution in [2.75, 3.05) is 19.6 Å².